The lowest BCUT2D eigenvalue weighted by molar-refractivity contribution is -0.127. The summed E-state index contributed by atoms with van der Waals surface area (Å²) < 4.78 is 7.27. The highest BCUT2D eigenvalue weighted by atomic mass is 16.5. The van der Waals surface area contributed by atoms with E-state index in [2.05, 4.69) is 15.4 Å². The molecular weight excluding hydrogens is 296 g/mol. The first-order valence-electron chi connectivity index (χ1n) is 7.44. The molecule has 0 radical (unpaired) electrons. The molecule has 7 heteroatoms. The summed E-state index contributed by atoms with van der Waals surface area (Å²) in [5.74, 6) is 0.370. The predicted octanol–water partition coefficient (Wildman–Crippen LogP) is 1.45. The van der Waals surface area contributed by atoms with Crippen LogP contribution in [-0.4, -0.2) is 39.1 Å². The van der Waals surface area contributed by atoms with Crippen molar-refractivity contribution in [2.45, 2.75) is 32.9 Å². The third-order valence-electron chi connectivity index (χ3n) is 3.27. The van der Waals surface area contributed by atoms with Gasteiger partial charge in [-0.05, 0) is 44.5 Å². The third kappa shape index (κ3) is 5.21. The Morgan fingerprint density at radius 2 is 2.04 bits per heavy atom. The smallest absolute Gasteiger partial charge is 0.260 e. The van der Waals surface area contributed by atoms with Gasteiger partial charge in [-0.3, -0.25) is 14.3 Å². The molecule has 1 aromatic heterocycles. The van der Waals surface area contributed by atoms with Gasteiger partial charge < -0.3 is 10.1 Å². The van der Waals surface area contributed by atoms with E-state index in [-0.39, 0.29) is 11.7 Å². The average molecular weight is 316 g/mol. The molecule has 1 heterocycles. The minimum absolute atomic E-state index is 0.00489. The highest BCUT2D eigenvalue weighted by molar-refractivity contribution is 5.94. The van der Waals surface area contributed by atoms with Crippen LogP contribution in [0.25, 0.3) is 0 Å². The van der Waals surface area contributed by atoms with Crippen molar-refractivity contribution in [1.82, 2.24) is 20.1 Å². The Hall–Kier alpha value is -2.70. The molecule has 7 nitrogen and oxygen atoms in total. The second-order valence-corrected chi connectivity index (χ2v) is 5.14. The first-order valence-corrected chi connectivity index (χ1v) is 7.44. The van der Waals surface area contributed by atoms with Crippen LogP contribution >= 0.6 is 0 Å². The van der Waals surface area contributed by atoms with Crippen molar-refractivity contribution >= 4 is 11.7 Å². The van der Waals surface area contributed by atoms with Crippen LogP contribution < -0.4 is 10.1 Å². The Balaban J connectivity index is 1.72. The van der Waals surface area contributed by atoms with E-state index in [1.165, 1.54) is 13.3 Å². The van der Waals surface area contributed by atoms with Gasteiger partial charge in [0.05, 0.1) is 0 Å². The molecule has 1 aromatic carbocycles. The van der Waals surface area contributed by atoms with Gasteiger partial charge in [-0.25, -0.2) is 4.98 Å². The zero-order valence-corrected chi connectivity index (χ0v) is 13.2. The van der Waals surface area contributed by atoms with Gasteiger partial charge in [-0.1, -0.05) is 0 Å². The van der Waals surface area contributed by atoms with Gasteiger partial charge in [-0.15, -0.1) is 0 Å². The fraction of sp³-hybridized carbons (Fsp3) is 0.375. The number of nitrogens with zero attached hydrogens (tertiary/aromatic N) is 3. The van der Waals surface area contributed by atoms with Gasteiger partial charge in [0.15, 0.2) is 11.9 Å². The van der Waals surface area contributed by atoms with Crippen molar-refractivity contribution in [3.63, 3.8) is 0 Å². The van der Waals surface area contributed by atoms with E-state index in [1.807, 2.05) is 0 Å². The summed E-state index contributed by atoms with van der Waals surface area (Å²) in [4.78, 5) is 27.0. The molecule has 0 bridgehead atoms. The SMILES string of the molecule is CC(=O)c1ccc(OC(C)C(=O)NCCCn2cncn2)cc1. The van der Waals surface area contributed by atoms with Crippen LogP contribution in [0.5, 0.6) is 5.75 Å². The first kappa shape index (κ1) is 16.7. The molecule has 1 unspecified atom stereocenters. The zero-order chi connectivity index (χ0) is 16.7. The molecular formula is C16H20N4O3. The van der Waals surface area contributed by atoms with Crippen molar-refractivity contribution in [3.05, 3.63) is 42.5 Å². The Bertz CT molecular complexity index is 638. The number of rotatable bonds is 8. The largest absolute Gasteiger partial charge is 0.481 e. The van der Waals surface area contributed by atoms with E-state index in [0.29, 0.717) is 24.4 Å². The fourth-order valence-electron chi connectivity index (χ4n) is 1.97. The molecule has 1 N–H and O–H groups in total. The van der Waals surface area contributed by atoms with Crippen molar-refractivity contribution in [3.8, 4) is 5.75 Å². The zero-order valence-electron chi connectivity index (χ0n) is 13.2. The molecule has 23 heavy (non-hydrogen) atoms. The number of Topliss-reactive ketones (excluding diaryl/α,β-unsaturated/α-hetero) is 1. The van der Waals surface area contributed by atoms with Gasteiger partial charge in [0, 0.05) is 18.7 Å². The summed E-state index contributed by atoms with van der Waals surface area (Å²) >= 11 is 0. The minimum Gasteiger partial charge on any atom is -0.481 e. The van der Waals surface area contributed by atoms with Crippen LogP contribution in [0.4, 0.5) is 0 Å². The number of aromatic nitrogens is 3. The number of carbonyl (C=O) groups is 2. The minimum atomic E-state index is -0.607. The standard InChI is InChI=1S/C16H20N4O3/c1-12(21)14-4-6-15(7-5-14)23-13(2)16(22)18-8-3-9-20-11-17-10-19-20/h4-7,10-11,13H,3,8-9H2,1-2H3,(H,18,22). The first-order chi connectivity index (χ1) is 11.1. The van der Waals surface area contributed by atoms with Gasteiger partial charge >= 0.3 is 0 Å². The number of aryl methyl sites for hydroxylation is 1. The second kappa shape index (κ2) is 8.07. The van der Waals surface area contributed by atoms with Crippen molar-refractivity contribution in [1.29, 1.82) is 0 Å². The number of nitrogens with one attached hydrogen (secondary N) is 1. The lowest BCUT2D eigenvalue weighted by Crippen LogP contribution is -2.37. The molecule has 2 rings (SSSR count). The predicted molar refractivity (Wildman–Crippen MR) is 84.2 cm³/mol. The molecule has 2 aromatic rings. The number of benzene rings is 1. The molecule has 0 aliphatic rings. The summed E-state index contributed by atoms with van der Waals surface area (Å²) in [5, 5.41) is 6.80. The maximum atomic E-state index is 12.0. The number of amides is 1. The molecule has 0 spiro atoms. The Labute approximate surface area is 134 Å². The molecule has 0 aliphatic carbocycles. The quantitative estimate of drug-likeness (QED) is 0.588. The third-order valence-corrected chi connectivity index (χ3v) is 3.27. The molecule has 0 fully saturated rings. The number of ether oxygens (including phenoxy) is 1. The van der Waals surface area contributed by atoms with Gasteiger partial charge in [0.1, 0.15) is 18.4 Å². The maximum absolute atomic E-state index is 12.0. The van der Waals surface area contributed by atoms with E-state index in [1.54, 1.807) is 42.2 Å². The summed E-state index contributed by atoms with van der Waals surface area (Å²) in [7, 11) is 0. The van der Waals surface area contributed by atoms with Crippen molar-refractivity contribution in [2.24, 2.45) is 0 Å². The van der Waals surface area contributed by atoms with Gasteiger partial charge in [0.2, 0.25) is 0 Å². The van der Waals surface area contributed by atoms with Crippen molar-refractivity contribution < 1.29 is 14.3 Å². The Morgan fingerprint density at radius 1 is 1.30 bits per heavy atom. The van der Waals surface area contributed by atoms with Crippen LogP contribution in [0.3, 0.4) is 0 Å². The second-order valence-electron chi connectivity index (χ2n) is 5.14. The lowest BCUT2D eigenvalue weighted by Gasteiger charge is -2.15. The summed E-state index contributed by atoms with van der Waals surface area (Å²) in [5.41, 5.74) is 0.613. The normalized spacial score (nSPS) is 11.7. The topological polar surface area (TPSA) is 86.1 Å². The summed E-state index contributed by atoms with van der Waals surface area (Å²) in [6, 6.07) is 6.73. The molecule has 0 saturated carbocycles. The number of ketones is 1. The van der Waals surface area contributed by atoms with E-state index in [9.17, 15) is 9.59 Å². The molecule has 122 valence electrons. The lowest BCUT2D eigenvalue weighted by atomic mass is 10.1. The number of hydrogen-bond donors (Lipinski definition) is 1. The molecule has 0 saturated heterocycles. The van der Waals surface area contributed by atoms with Crippen LogP contribution in [0.2, 0.25) is 0 Å². The highest BCUT2D eigenvalue weighted by Crippen LogP contribution is 2.14. The van der Waals surface area contributed by atoms with Gasteiger partial charge in [0.25, 0.3) is 5.91 Å². The van der Waals surface area contributed by atoms with Crippen molar-refractivity contribution in [2.75, 3.05) is 6.54 Å². The Morgan fingerprint density at radius 3 is 2.65 bits per heavy atom. The van der Waals surface area contributed by atoms with Crippen LogP contribution in [0.15, 0.2) is 36.9 Å². The average Bonchev–Trinajstić information content (AvgIpc) is 3.05. The fourth-order valence-corrected chi connectivity index (χ4v) is 1.97. The van der Waals surface area contributed by atoms with Crippen LogP contribution in [0.1, 0.15) is 30.6 Å². The highest BCUT2D eigenvalue weighted by Gasteiger charge is 2.14. The molecule has 1 atom stereocenters. The van der Waals surface area contributed by atoms with E-state index in [4.69, 9.17) is 4.74 Å². The van der Waals surface area contributed by atoms with E-state index < -0.39 is 6.10 Å². The number of hydrogen-bond acceptors (Lipinski definition) is 5. The summed E-state index contributed by atoms with van der Waals surface area (Å²) in [6.07, 6.45) is 3.27. The molecule has 0 aliphatic heterocycles. The van der Waals surface area contributed by atoms with E-state index in [0.717, 1.165) is 6.42 Å². The maximum Gasteiger partial charge on any atom is 0.260 e. The Kier molecular flexibility index (Phi) is 5.85. The summed E-state index contributed by atoms with van der Waals surface area (Å²) in [6.45, 7) is 4.43. The van der Waals surface area contributed by atoms with E-state index >= 15 is 0 Å². The molecule has 1 amide bonds. The number of carbonyl (C=O) groups excluding carboxylic acids is 2. The monoisotopic (exact) mass is 316 g/mol. The van der Waals surface area contributed by atoms with Crippen LogP contribution in [-0.2, 0) is 11.3 Å². The van der Waals surface area contributed by atoms with Gasteiger partial charge in [-0.2, -0.15) is 5.10 Å². The van der Waals surface area contributed by atoms with Crippen LogP contribution in [0, 0.1) is 0 Å².